The first kappa shape index (κ1) is 13.4. The maximum Gasteiger partial charge on any atom is 0.157 e. The molecule has 100 valence electrons. The molecule has 2 rings (SSSR count). The second-order valence-corrected chi connectivity index (χ2v) is 5.50. The Balaban J connectivity index is 1.86. The minimum Gasteiger partial charge on any atom is -0.385 e. The van der Waals surface area contributed by atoms with E-state index in [-0.39, 0.29) is 6.04 Å². The molecule has 2 heterocycles. The molecule has 0 aromatic carbocycles. The third kappa shape index (κ3) is 3.49. The van der Waals surface area contributed by atoms with Gasteiger partial charge in [0.15, 0.2) is 5.17 Å². The van der Waals surface area contributed by atoms with E-state index in [1.54, 1.807) is 18.9 Å². The molecule has 0 aliphatic carbocycles. The average Bonchev–Trinajstić information content (AvgIpc) is 2.96. The van der Waals surface area contributed by atoms with Crippen molar-refractivity contribution in [3.05, 3.63) is 18.0 Å². The van der Waals surface area contributed by atoms with Gasteiger partial charge in [-0.05, 0) is 13.3 Å². The molecule has 6 heteroatoms. The molecule has 1 aliphatic heterocycles. The first-order chi connectivity index (χ1) is 8.69. The fourth-order valence-corrected chi connectivity index (χ4v) is 2.90. The molecule has 1 aromatic heterocycles. The number of hydrogen-bond donors (Lipinski definition) is 1. The van der Waals surface area contributed by atoms with Crippen LogP contribution in [0.15, 0.2) is 17.4 Å². The van der Waals surface area contributed by atoms with Crippen LogP contribution in [0.3, 0.4) is 0 Å². The molecule has 1 N–H and O–H groups in total. The highest BCUT2D eigenvalue weighted by Gasteiger charge is 2.19. The molecule has 1 aliphatic rings. The SMILES string of the molecule is COCCC1CSC(NC(C)c2cnn(C)c2)=N1. The summed E-state index contributed by atoms with van der Waals surface area (Å²) in [6.45, 7) is 2.91. The highest BCUT2D eigenvalue weighted by atomic mass is 32.2. The Morgan fingerprint density at radius 2 is 2.50 bits per heavy atom. The molecule has 5 nitrogen and oxygen atoms in total. The van der Waals surface area contributed by atoms with Gasteiger partial charge in [0.1, 0.15) is 0 Å². The summed E-state index contributed by atoms with van der Waals surface area (Å²) in [6, 6.07) is 0.629. The van der Waals surface area contributed by atoms with Gasteiger partial charge in [0.2, 0.25) is 0 Å². The van der Waals surface area contributed by atoms with Crippen LogP contribution in [-0.2, 0) is 11.8 Å². The Morgan fingerprint density at radius 1 is 1.67 bits per heavy atom. The number of aryl methyl sites for hydroxylation is 1. The first-order valence-corrected chi connectivity index (χ1v) is 7.12. The Bertz CT molecular complexity index is 418. The van der Waals surface area contributed by atoms with Crippen molar-refractivity contribution in [3.8, 4) is 0 Å². The smallest absolute Gasteiger partial charge is 0.157 e. The molecule has 0 spiro atoms. The van der Waals surface area contributed by atoms with Crippen molar-refractivity contribution >= 4 is 16.9 Å². The van der Waals surface area contributed by atoms with Gasteiger partial charge in [-0.3, -0.25) is 9.67 Å². The van der Waals surface area contributed by atoms with Gasteiger partial charge in [-0.2, -0.15) is 5.10 Å². The fraction of sp³-hybridized carbons (Fsp3) is 0.667. The van der Waals surface area contributed by atoms with E-state index >= 15 is 0 Å². The van der Waals surface area contributed by atoms with Gasteiger partial charge >= 0.3 is 0 Å². The number of methoxy groups -OCH3 is 1. The predicted octanol–water partition coefficient (Wildman–Crippen LogP) is 1.58. The van der Waals surface area contributed by atoms with Gasteiger partial charge in [0.05, 0.1) is 18.3 Å². The molecule has 2 unspecified atom stereocenters. The van der Waals surface area contributed by atoms with Crippen molar-refractivity contribution in [1.82, 2.24) is 15.1 Å². The second kappa shape index (κ2) is 6.24. The largest absolute Gasteiger partial charge is 0.385 e. The van der Waals surface area contributed by atoms with Crippen LogP contribution < -0.4 is 5.32 Å². The van der Waals surface area contributed by atoms with Gasteiger partial charge in [0.25, 0.3) is 0 Å². The van der Waals surface area contributed by atoms with Gasteiger partial charge in [-0.25, -0.2) is 0 Å². The summed E-state index contributed by atoms with van der Waals surface area (Å²) in [7, 11) is 3.66. The normalized spacial score (nSPS) is 20.8. The average molecular weight is 268 g/mol. The lowest BCUT2D eigenvalue weighted by atomic mass is 10.2. The summed E-state index contributed by atoms with van der Waals surface area (Å²) < 4.78 is 6.90. The van der Waals surface area contributed by atoms with E-state index in [1.165, 1.54) is 5.56 Å². The standard InChI is InChI=1S/C12H20N4OS/c1-9(10-6-13-16(2)7-10)14-12-15-11(8-18-12)4-5-17-3/h6-7,9,11H,4-5,8H2,1-3H3,(H,14,15). The molecule has 2 atom stereocenters. The maximum atomic E-state index is 5.08. The van der Waals surface area contributed by atoms with E-state index in [0.29, 0.717) is 6.04 Å². The number of thioether (sulfide) groups is 1. The van der Waals surface area contributed by atoms with Gasteiger partial charge in [-0.15, -0.1) is 0 Å². The summed E-state index contributed by atoms with van der Waals surface area (Å²) in [6.07, 6.45) is 4.91. The highest BCUT2D eigenvalue weighted by molar-refractivity contribution is 8.14. The summed E-state index contributed by atoms with van der Waals surface area (Å²) in [5.74, 6) is 1.05. The van der Waals surface area contributed by atoms with Crippen LogP contribution in [0.1, 0.15) is 24.9 Å². The zero-order valence-corrected chi connectivity index (χ0v) is 11.9. The number of hydrogen-bond acceptors (Lipinski definition) is 5. The van der Waals surface area contributed by atoms with Crippen molar-refractivity contribution < 1.29 is 4.74 Å². The molecular weight excluding hydrogens is 248 g/mol. The quantitative estimate of drug-likeness (QED) is 0.881. The van der Waals surface area contributed by atoms with Gasteiger partial charge in [-0.1, -0.05) is 11.8 Å². The van der Waals surface area contributed by atoms with Crippen LogP contribution in [0.4, 0.5) is 0 Å². The van der Waals surface area contributed by atoms with Crippen LogP contribution in [0.2, 0.25) is 0 Å². The molecule has 0 saturated carbocycles. The van der Waals surface area contributed by atoms with Crippen LogP contribution in [-0.4, -0.2) is 40.5 Å². The Morgan fingerprint density at radius 3 is 3.17 bits per heavy atom. The lowest BCUT2D eigenvalue weighted by Gasteiger charge is -2.12. The van der Waals surface area contributed by atoms with E-state index < -0.39 is 0 Å². The molecule has 0 radical (unpaired) electrons. The Labute approximate surface area is 112 Å². The number of aromatic nitrogens is 2. The number of ether oxygens (including phenoxy) is 1. The molecule has 1 aromatic rings. The third-order valence-corrected chi connectivity index (χ3v) is 3.98. The van der Waals surface area contributed by atoms with E-state index in [9.17, 15) is 0 Å². The summed E-state index contributed by atoms with van der Waals surface area (Å²) >= 11 is 1.79. The first-order valence-electron chi connectivity index (χ1n) is 6.13. The predicted molar refractivity (Wildman–Crippen MR) is 74.9 cm³/mol. The summed E-state index contributed by atoms with van der Waals surface area (Å²) in [5.41, 5.74) is 1.18. The van der Waals surface area contributed by atoms with E-state index in [1.807, 2.05) is 24.1 Å². The molecule has 0 fully saturated rings. The van der Waals surface area contributed by atoms with Crippen molar-refractivity contribution in [2.24, 2.45) is 12.0 Å². The zero-order chi connectivity index (χ0) is 13.0. The van der Waals surface area contributed by atoms with Crippen molar-refractivity contribution in [3.63, 3.8) is 0 Å². The van der Waals surface area contributed by atoms with Crippen LogP contribution in [0.5, 0.6) is 0 Å². The number of nitrogens with one attached hydrogen (secondary N) is 1. The summed E-state index contributed by atoms with van der Waals surface area (Å²) in [4.78, 5) is 4.66. The Kier molecular flexibility index (Phi) is 4.66. The molecule has 18 heavy (non-hydrogen) atoms. The summed E-state index contributed by atoms with van der Waals surface area (Å²) in [5, 5.41) is 8.65. The molecule has 0 bridgehead atoms. The molecule has 0 amide bonds. The van der Waals surface area contributed by atoms with Crippen molar-refractivity contribution in [2.45, 2.75) is 25.4 Å². The fourth-order valence-electron chi connectivity index (χ4n) is 1.83. The van der Waals surface area contributed by atoms with Gasteiger partial charge in [0, 0.05) is 38.3 Å². The highest BCUT2D eigenvalue weighted by Crippen LogP contribution is 2.21. The second-order valence-electron chi connectivity index (χ2n) is 4.49. The molecule has 0 saturated heterocycles. The molecular formula is C12H20N4OS. The van der Waals surface area contributed by atoms with Crippen molar-refractivity contribution in [1.29, 1.82) is 0 Å². The van der Waals surface area contributed by atoms with E-state index in [2.05, 4.69) is 22.3 Å². The topological polar surface area (TPSA) is 51.4 Å². The Hall–Kier alpha value is -1.01. The minimum absolute atomic E-state index is 0.242. The lowest BCUT2D eigenvalue weighted by Crippen LogP contribution is -2.22. The number of rotatable bonds is 5. The number of aliphatic imine (C=N–C) groups is 1. The van der Waals surface area contributed by atoms with Gasteiger partial charge < -0.3 is 10.1 Å². The maximum absolute atomic E-state index is 5.08. The van der Waals surface area contributed by atoms with Crippen LogP contribution in [0.25, 0.3) is 0 Å². The van der Waals surface area contributed by atoms with Crippen LogP contribution >= 0.6 is 11.8 Å². The van der Waals surface area contributed by atoms with E-state index in [0.717, 1.165) is 23.9 Å². The lowest BCUT2D eigenvalue weighted by molar-refractivity contribution is 0.190. The zero-order valence-electron chi connectivity index (χ0n) is 11.1. The third-order valence-electron chi connectivity index (χ3n) is 2.93. The minimum atomic E-state index is 0.242. The van der Waals surface area contributed by atoms with E-state index in [4.69, 9.17) is 4.74 Å². The number of amidine groups is 1. The monoisotopic (exact) mass is 268 g/mol. The van der Waals surface area contributed by atoms with Crippen LogP contribution in [0, 0.1) is 0 Å². The number of nitrogens with zero attached hydrogens (tertiary/aromatic N) is 3. The van der Waals surface area contributed by atoms with Crippen molar-refractivity contribution in [2.75, 3.05) is 19.5 Å².